The predicted molar refractivity (Wildman–Crippen MR) is 118 cm³/mol. The van der Waals surface area contributed by atoms with Crippen LogP contribution in [0.25, 0.3) is 16.7 Å². The molecule has 0 saturated heterocycles. The van der Waals surface area contributed by atoms with Gasteiger partial charge in [-0.2, -0.15) is 5.10 Å². The van der Waals surface area contributed by atoms with E-state index in [2.05, 4.69) is 25.4 Å². The highest BCUT2D eigenvalue weighted by molar-refractivity contribution is 6.05. The molecule has 0 aliphatic carbocycles. The Balaban J connectivity index is 1.39. The minimum absolute atomic E-state index is 0.286. The topological polar surface area (TPSA) is 115 Å². The number of aromatic nitrogens is 5. The standard InChI is InChI=1S/C23H16N6O3/c30-22(15-10-11-20(24-12-15)32-16-6-2-1-3-7-16)28-18-8-4-5-9-19(18)29-21-17(13-27-29)23(31)26-14-25-21/h1-14H,(H,28,30)(H,25,26,31). The number of pyridine rings is 1. The lowest BCUT2D eigenvalue weighted by Gasteiger charge is -2.12. The molecule has 3 aromatic heterocycles. The Bertz CT molecular complexity index is 1460. The van der Waals surface area contributed by atoms with E-state index < -0.39 is 0 Å². The summed E-state index contributed by atoms with van der Waals surface area (Å²) in [5.41, 5.74) is 1.55. The third-order valence-corrected chi connectivity index (χ3v) is 4.72. The predicted octanol–water partition coefficient (Wildman–Crippen LogP) is 3.55. The molecule has 0 saturated carbocycles. The average molecular weight is 424 g/mol. The number of hydrogen-bond acceptors (Lipinski definition) is 6. The van der Waals surface area contributed by atoms with Crippen LogP contribution in [0.5, 0.6) is 11.6 Å². The molecular formula is C23H16N6O3. The van der Waals surface area contributed by atoms with Crippen LogP contribution in [-0.4, -0.2) is 30.6 Å². The molecule has 0 fully saturated rings. The number of hydrogen-bond donors (Lipinski definition) is 2. The third kappa shape index (κ3) is 3.70. The largest absolute Gasteiger partial charge is 0.439 e. The molecule has 5 aromatic rings. The van der Waals surface area contributed by atoms with E-state index in [1.54, 1.807) is 30.3 Å². The van der Waals surface area contributed by atoms with Crippen molar-refractivity contribution < 1.29 is 9.53 Å². The molecule has 1 amide bonds. The van der Waals surface area contributed by atoms with Crippen molar-refractivity contribution >= 4 is 22.6 Å². The highest BCUT2D eigenvalue weighted by Crippen LogP contribution is 2.23. The lowest BCUT2D eigenvalue weighted by molar-refractivity contribution is 0.102. The van der Waals surface area contributed by atoms with Crippen LogP contribution >= 0.6 is 0 Å². The van der Waals surface area contributed by atoms with Gasteiger partial charge in [0.2, 0.25) is 5.88 Å². The molecule has 5 rings (SSSR count). The van der Waals surface area contributed by atoms with Crippen molar-refractivity contribution in [3.8, 4) is 17.3 Å². The Hall–Kier alpha value is -4.79. The van der Waals surface area contributed by atoms with E-state index in [0.717, 1.165) is 0 Å². The van der Waals surface area contributed by atoms with E-state index in [4.69, 9.17) is 4.74 Å². The van der Waals surface area contributed by atoms with Crippen molar-refractivity contribution in [2.24, 2.45) is 0 Å². The molecule has 9 heteroatoms. The molecule has 0 spiro atoms. The van der Waals surface area contributed by atoms with Gasteiger partial charge in [0.15, 0.2) is 5.65 Å². The SMILES string of the molecule is O=C(Nc1ccccc1-n1ncc2c(=O)[nH]cnc21)c1ccc(Oc2ccccc2)nc1. The maximum absolute atomic E-state index is 12.8. The fourth-order valence-corrected chi connectivity index (χ4v) is 3.18. The van der Waals surface area contributed by atoms with Crippen LogP contribution in [0.2, 0.25) is 0 Å². The normalized spacial score (nSPS) is 10.8. The first-order valence-corrected chi connectivity index (χ1v) is 9.70. The van der Waals surface area contributed by atoms with Gasteiger partial charge in [-0.3, -0.25) is 9.59 Å². The van der Waals surface area contributed by atoms with Gasteiger partial charge in [-0.25, -0.2) is 14.6 Å². The molecule has 9 nitrogen and oxygen atoms in total. The van der Waals surface area contributed by atoms with E-state index >= 15 is 0 Å². The zero-order valence-corrected chi connectivity index (χ0v) is 16.6. The lowest BCUT2D eigenvalue weighted by Crippen LogP contribution is -2.14. The number of benzene rings is 2. The number of para-hydroxylation sites is 3. The van der Waals surface area contributed by atoms with Gasteiger partial charge in [-0.1, -0.05) is 30.3 Å². The van der Waals surface area contributed by atoms with E-state index in [1.807, 2.05) is 36.4 Å². The molecule has 0 radical (unpaired) electrons. The number of rotatable bonds is 5. The van der Waals surface area contributed by atoms with Crippen LogP contribution in [-0.2, 0) is 0 Å². The van der Waals surface area contributed by atoms with Gasteiger partial charge >= 0.3 is 0 Å². The molecule has 0 unspecified atom stereocenters. The lowest BCUT2D eigenvalue weighted by atomic mass is 10.2. The van der Waals surface area contributed by atoms with Crippen molar-refractivity contribution in [2.75, 3.05) is 5.32 Å². The number of carbonyl (C=O) groups excluding carboxylic acids is 1. The molecule has 0 aliphatic heterocycles. The second-order valence-electron chi connectivity index (χ2n) is 6.80. The average Bonchev–Trinajstić information content (AvgIpc) is 3.26. The minimum atomic E-state index is -0.349. The molecule has 0 bridgehead atoms. The first kappa shape index (κ1) is 19.2. The highest BCUT2D eigenvalue weighted by atomic mass is 16.5. The number of amides is 1. The first-order valence-electron chi connectivity index (χ1n) is 9.70. The molecule has 0 atom stereocenters. The quantitative estimate of drug-likeness (QED) is 0.446. The second-order valence-corrected chi connectivity index (χ2v) is 6.80. The van der Waals surface area contributed by atoms with Crippen LogP contribution in [0.3, 0.4) is 0 Å². The molecular weight excluding hydrogens is 408 g/mol. The summed E-state index contributed by atoms with van der Waals surface area (Å²) in [6.07, 6.45) is 4.20. The number of anilines is 1. The Morgan fingerprint density at radius 1 is 0.938 bits per heavy atom. The summed E-state index contributed by atoms with van der Waals surface area (Å²) in [5, 5.41) is 7.50. The summed E-state index contributed by atoms with van der Waals surface area (Å²) in [4.78, 5) is 35.7. The van der Waals surface area contributed by atoms with Crippen LogP contribution in [0.15, 0.2) is 90.2 Å². The van der Waals surface area contributed by atoms with Crippen molar-refractivity contribution in [3.05, 3.63) is 101 Å². The van der Waals surface area contributed by atoms with Crippen LogP contribution in [0, 0.1) is 0 Å². The van der Waals surface area contributed by atoms with Crippen molar-refractivity contribution in [1.29, 1.82) is 0 Å². The number of aromatic amines is 1. The van der Waals surface area contributed by atoms with Gasteiger partial charge in [0, 0.05) is 12.3 Å². The Kier molecular flexibility index (Phi) is 4.89. The van der Waals surface area contributed by atoms with Crippen LogP contribution in [0.1, 0.15) is 10.4 Å². The maximum atomic E-state index is 12.8. The molecule has 2 aromatic carbocycles. The zero-order valence-electron chi connectivity index (χ0n) is 16.6. The number of carbonyl (C=O) groups is 1. The summed E-state index contributed by atoms with van der Waals surface area (Å²) in [5.74, 6) is 0.691. The fourth-order valence-electron chi connectivity index (χ4n) is 3.18. The molecule has 2 N–H and O–H groups in total. The number of H-pyrrole nitrogens is 1. The maximum Gasteiger partial charge on any atom is 0.261 e. The van der Waals surface area contributed by atoms with Gasteiger partial charge in [0.05, 0.1) is 29.5 Å². The minimum Gasteiger partial charge on any atom is -0.439 e. The van der Waals surface area contributed by atoms with Crippen LogP contribution < -0.4 is 15.6 Å². The van der Waals surface area contributed by atoms with Crippen molar-refractivity contribution in [1.82, 2.24) is 24.7 Å². The smallest absolute Gasteiger partial charge is 0.261 e. The summed E-state index contributed by atoms with van der Waals surface area (Å²) in [7, 11) is 0. The Morgan fingerprint density at radius 2 is 1.75 bits per heavy atom. The van der Waals surface area contributed by atoms with E-state index in [9.17, 15) is 9.59 Å². The highest BCUT2D eigenvalue weighted by Gasteiger charge is 2.15. The van der Waals surface area contributed by atoms with Gasteiger partial charge in [-0.05, 0) is 30.3 Å². The van der Waals surface area contributed by atoms with Gasteiger partial charge < -0.3 is 15.0 Å². The number of ether oxygens (including phenoxy) is 1. The van der Waals surface area contributed by atoms with Crippen molar-refractivity contribution in [2.45, 2.75) is 0 Å². The van der Waals surface area contributed by atoms with E-state index in [-0.39, 0.29) is 11.5 Å². The van der Waals surface area contributed by atoms with Gasteiger partial charge in [0.25, 0.3) is 11.5 Å². The summed E-state index contributed by atoms with van der Waals surface area (Å²) >= 11 is 0. The van der Waals surface area contributed by atoms with E-state index in [1.165, 1.54) is 23.4 Å². The number of nitrogens with zero attached hydrogens (tertiary/aromatic N) is 4. The van der Waals surface area contributed by atoms with Crippen LogP contribution in [0.4, 0.5) is 5.69 Å². The van der Waals surface area contributed by atoms with Crippen molar-refractivity contribution in [3.63, 3.8) is 0 Å². The Labute approximate surface area is 181 Å². The van der Waals surface area contributed by atoms with Gasteiger partial charge in [0.1, 0.15) is 11.1 Å². The molecule has 3 heterocycles. The third-order valence-electron chi connectivity index (χ3n) is 4.72. The molecule has 32 heavy (non-hydrogen) atoms. The zero-order chi connectivity index (χ0) is 21.9. The van der Waals surface area contributed by atoms with E-state index in [0.29, 0.717) is 39.6 Å². The Morgan fingerprint density at radius 3 is 2.56 bits per heavy atom. The summed E-state index contributed by atoms with van der Waals surface area (Å²) < 4.78 is 7.17. The number of fused-ring (bicyclic) bond motifs is 1. The molecule has 156 valence electrons. The summed E-state index contributed by atoms with van der Waals surface area (Å²) in [6.45, 7) is 0. The first-order chi connectivity index (χ1) is 15.7. The molecule has 0 aliphatic rings. The summed E-state index contributed by atoms with van der Waals surface area (Å²) in [6, 6.07) is 19.6. The number of nitrogens with one attached hydrogen (secondary N) is 2. The fraction of sp³-hybridized carbons (Fsp3) is 0. The monoisotopic (exact) mass is 424 g/mol. The van der Waals surface area contributed by atoms with Gasteiger partial charge in [-0.15, -0.1) is 0 Å². The second kappa shape index (κ2) is 8.15.